The Balaban J connectivity index is 2.22. The van der Waals surface area contributed by atoms with Crippen LogP contribution in [0.3, 0.4) is 0 Å². The van der Waals surface area contributed by atoms with Crippen molar-refractivity contribution in [3.63, 3.8) is 0 Å². The summed E-state index contributed by atoms with van der Waals surface area (Å²) in [6, 6.07) is 0. The number of amides is 1. The highest BCUT2D eigenvalue weighted by Gasteiger charge is 2.28. The maximum atomic E-state index is 12.4. The number of aldehydes is 1. The number of aromatic amines is 1. The van der Waals surface area contributed by atoms with Crippen molar-refractivity contribution in [2.45, 2.75) is 13.3 Å². The van der Waals surface area contributed by atoms with E-state index in [4.69, 9.17) is 0 Å². The van der Waals surface area contributed by atoms with E-state index in [1.165, 1.54) is 0 Å². The normalized spacial score (nSPS) is 15.1. The first-order valence-corrected chi connectivity index (χ1v) is 6.15. The standard InChI is InChI=1S/C13H19N3O2/c1-9-11(8-17)14-10-4-5-16(7-6-15(2)3)13(18)12(9)10/h8,14H,4-7H2,1-3H3. The molecule has 0 aromatic carbocycles. The molecule has 2 rings (SSSR count). The van der Waals surface area contributed by atoms with Crippen molar-refractivity contribution in [1.82, 2.24) is 14.8 Å². The lowest BCUT2D eigenvalue weighted by Crippen LogP contribution is -2.41. The summed E-state index contributed by atoms with van der Waals surface area (Å²) in [5.41, 5.74) is 2.91. The molecule has 98 valence electrons. The average molecular weight is 249 g/mol. The molecule has 1 aliphatic rings. The number of carbonyl (C=O) groups is 2. The molecule has 1 aliphatic heterocycles. The van der Waals surface area contributed by atoms with Crippen LogP contribution in [-0.2, 0) is 6.42 Å². The molecule has 5 heteroatoms. The third kappa shape index (κ3) is 2.18. The topological polar surface area (TPSA) is 56.4 Å². The predicted octanol–water partition coefficient (Wildman–Crippen LogP) is 0.696. The van der Waals surface area contributed by atoms with Gasteiger partial charge in [0.1, 0.15) is 0 Å². The van der Waals surface area contributed by atoms with Gasteiger partial charge in [-0.3, -0.25) is 9.59 Å². The van der Waals surface area contributed by atoms with Crippen molar-refractivity contribution in [1.29, 1.82) is 0 Å². The molecule has 1 aromatic rings. The van der Waals surface area contributed by atoms with Crippen LogP contribution >= 0.6 is 0 Å². The Bertz CT molecular complexity index is 477. The summed E-state index contributed by atoms with van der Waals surface area (Å²) in [4.78, 5) is 30.2. The van der Waals surface area contributed by atoms with Gasteiger partial charge in [-0.25, -0.2) is 0 Å². The number of likely N-dealkylation sites (N-methyl/N-ethyl adjacent to an activating group) is 1. The molecule has 1 amide bonds. The summed E-state index contributed by atoms with van der Waals surface area (Å²) in [7, 11) is 3.98. The minimum absolute atomic E-state index is 0.0416. The average Bonchev–Trinajstić information content (AvgIpc) is 2.65. The highest BCUT2D eigenvalue weighted by Crippen LogP contribution is 2.23. The SMILES string of the molecule is Cc1c(C=O)[nH]c2c1C(=O)N(CCN(C)C)CC2. The second kappa shape index (κ2) is 4.94. The zero-order valence-electron chi connectivity index (χ0n) is 11.1. The third-order valence-corrected chi connectivity index (χ3v) is 3.43. The van der Waals surface area contributed by atoms with Crippen LogP contribution in [0.1, 0.15) is 32.1 Å². The molecule has 0 spiro atoms. The van der Waals surface area contributed by atoms with Gasteiger partial charge >= 0.3 is 0 Å². The van der Waals surface area contributed by atoms with Crippen LogP contribution in [0.2, 0.25) is 0 Å². The van der Waals surface area contributed by atoms with Crippen molar-refractivity contribution in [2.75, 3.05) is 33.7 Å². The molecule has 0 atom stereocenters. The molecule has 1 N–H and O–H groups in total. The maximum absolute atomic E-state index is 12.4. The minimum Gasteiger partial charge on any atom is -0.355 e. The maximum Gasteiger partial charge on any atom is 0.256 e. The summed E-state index contributed by atoms with van der Waals surface area (Å²) in [5, 5.41) is 0. The number of nitrogens with zero attached hydrogens (tertiary/aromatic N) is 2. The summed E-state index contributed by atoms with van der Waals surface area (Å²) in [6.45, 7) is 4.13. The lowest BCUT2D eigenvalue weighted by atomic mass is 10.0. The molecular weight excluding hydrogens is 230 g/mol. The van der Waals surface area contributed by atoms with Crippen molar-refractivity contribution in [3.05, 3.63) is 22.5 Å². The van der Waals surface area contributed by atoms with Gasteiger partial charge < -0.3 is 14.8 Å². The highest BCUT2D eigenvalue weighted by atomic mass is 16.2. The van der Waals surface area contributed by atoms with Gasteiger partial charge in [-0.15, -0.1) is 0 Å². The number of carbonyl (C=O) groups excluding carboxylic acids is 2. The largest absolute Gasteiger partial charge is 0.355 e. The second-order valence-electron chi connectivity index (χ2n) is 4.98. The third-order valence-electron chi connectivity index (χ3n) is 3.43. The highest BCUT2D eigenvalue weighted by molar-refractivity contribution is 6.00. The van der Waals surface area contributed by atoms with Crippen LogP contribution in [0.5, 0.6) is 0 Å². The van der Waals surface area contributed by atoms with E-state index < -0.39 is 0 Å². The summed E-state index contributed by atoms with van der Waals surface area (Å²) in [6.07, 6.45) is 1.58. The predicted molar refractivity (Wildman–Crippen MR) is 69.1 cm³/mol. The summed E-state index contributed by atoms with van der Waals surface area (Å²) in [5.74, 6) is 0.0416. The molecule has 5 nitrogen and oxygen atoms in total. The molecule has 1 aromatic heterocycles. The number of hydrogen-bond acceptors (Lipinski definition) is 3. The van der Waals surface area contributed by atoms with Crippen LogP contribution in [0.4, 0.5) is 0 Å². The monoisotopic (exact) mass is 249 g/mol. The fourth-order valence-corrected chi connectivity index (χ4v) is 2.32. The Hall–Kier alpha value is -1.62. The first-order chi connectivity index (χ1) is 8.54. The number of nitrogens with one attached hydrogen (secondary N) is 1. The first-order valence-electron chi connectivity index (χ1n) is 6.15. The van der Waals surface area contributed by atoms with E-state index in [9.17, 15) is 9.59 Å². The number of H-pyrrole nitrogens is 1. The van der Waals surface area contributed by atoms with Gasteiger partial charge in [-0.1, -0.05) is 0 Å². The van der Waals surface area contributed by atoms with Crippen molar-refractivity contribution < 1.29 is 9.59 Å². The Kier molecular flexibility index (Phi) is 3.52. The Morgan fingerprint density at radius 2 is 2.17 bits per heavy atom. The van der Waals surface area contributed by atoms with E-state index in [1.807, 2.05) is 25.9 Å². The van der Waals surface area contributed by atoms with E-state index in [-0.39, 0.29) is 5.91 Å². The van der Waals surface area contributed by atoms with Crippen LogP contribution in [0, 0.1) is 6.92 Å². The van der Waals surface area contributed by atoms with Gasteiger partial charge in [0.15, 0.2) is 6.29 Å². The molecule has 0 saturated carbocycles. The molecule has 0 fully saturated rings. The van der Waals surface area contributed by atoms with Crippen LogP contribution in [0.15, 0.2) is 0 Å². The summed E-state index contributed by atoms with van der Waals surface area (Å²) >= 11 is 0. The Labute approximate surface area is 107 Å². The fourth-order valence-electron chi connectivity index (χ4n) is 2.32. The van der Waals surface area contributed by atoms with E-state index in [0.29, 0.717) is 11.3 Å². The van der Waals surface area contributed by atoms with Crippen molar-refractivity contribution in [2.24, 2.45) is 0 Å². The summed E-state index contributed by atoms with van der Waals surface area (Å²) < 4.78 is 0. The van der Waals surface area contributed by atoms with E-state index in [0.717, 1.165) is 43.6 Å². The van der Waals surface area contributed by atoms with Gasteiger partial charge in [0.05, 0.1) is 11.3 Å². The molecule has 0 saturated heterocycles. The Morgan fingerprint density at radius 3 is 2.78 bits per heavy atom. The van der Waals surface area contributed by atoms with Gasteiger partial charge in [-0.05, 0) is 26.6 Å². The quantitative estimate of drug-likeness (QED) is 0.799. The molecule has 0 bridgehead atoms. The van der Waals surface area contributed by atoms with Gasteiger partial charge in [0, 0.05) is 31.7 Å². The lowest BCUT2D eigenvalue weighted by molar-refractivity contribution is 0.0728. The van der Waals surface area contributed by atoms with Crippen LogP contribution in [-0.4, -0.2) is 60.7 Å². The van der Waals surface area contributed by atoms with Crippen molar-refractivity contribution in [3.8, 4) is 0 Å². The zero-order chi connectivity index (χ0) is 13.3. The number of rotatable bonds is 4. The lowest BCUT2D eigenvalue weighted by Gasteiger charge is -2.28. The molecule has 0 radical (unpaired) electrons. The van der Waals surface area contributed by atoms with E-state index in [1.54, 1.807) is 0 Å². The molecule has 2 heterocycles. The molecule has 0 unspecified atom stereocenters. The second-order valence-corrected chi connectivity index (χ2v) is 4.98. The van der Waals surface area contributed by atoms with Gasteiger partial charge in [0.25, 0.3) is 5.91 Å². The molecule has 18 heavy (non-hydrogen) atoms. The van der Waals surface area contributed by atoms with E-state index in [2.05, 4.69) is 9.88 Å². The van der Waals surface area contributed by atoms with Crippen LogP contribution < -0.4 is 0 Å². The molecule has 0 aliphatic carbocycles. The van der Waals surface area contributed by atoms with Crippen molar-refractivity contribution >= 4 is 12.2 Å². The number of fused-ring (bicyclic) bond motifs is 1. The zero-order valence-corrected chi connectivity index (χ0v) is 11.1. The molecular formula is C13H19N3O2. The number of aromatic nitrogens is 1. The number of hydrogen-bond donors (Lipinski definition) is 1. The van der Waals surface area contributed by atoms with Crippen LogP contribution in [0.25, 0.3) is 0 Å². The Morgan fingerprint density at radius 1 is 1.44 bits per heavy atom. The smallest absolute Gasteiger partial charge is 0.256 e. The van der Waals surface area contributed by atoms with Gasteiger partial charge in [0.2, 0.25) is 0 Å². The fraction of sp³-hybridized carbons (Fsp3) is 0.538. The van der Waals surface area contributed by atoms with E-state index >= 15 is 0 Å². The first kappa shape index (κ1) is 12.8. The minimum atomic E-state index is 0.0416. The van der Waals surface area contributed by atoms with Gasteiger partial charge in [-0.2, -0.15) is 0 Å².